The fourth-order valence-electron chi connectivity index (χ4n) is 3.48. The van der Waals surface area contributed by atoms with Crippen LogP contribution in [0.15, 0.2) is 68.9 Å². The molecular formula is C21H21ClN2O4S. The highest BCUT2D eigenvalue weighted by atomic mass is 35.5. The van der Waals surface area contributed by atoms with E-state index < -0.39 is 9.84 Å². The molecule has 6 nitrogen and oxygen atoms in total. The Kier molecular flexibility index (Phi) is 5.38. The maximum atomic E-state index is 13.4. The van der Waals surface area contributed by atoms with Gasteiger partial charge in [0.25, 0.3) is 0 Å². The van der Waals surface area contributed by atoms with Gasteiger partial charge >= 0.3 is 0 Å². The van der Waals surface area contributed by atoms with Gasteiger partial charge in [-0.1, -0.05) is 41.9 Å². The minimum absolute atomic E-state index is 0.0695. The van der Waals surface area contributed by atoms with Gasteiger partial charge in [0.05, 0.1) is 27.7 Å². The van der Waals surface area contributed by atoms with Crippen LogP contribution < -0.4 is 4.90 Å². The average Bonchev–Trinajstić information content (AvgIpc) is 3.14. The molecule has 2 atom stereocenters. The molecule has 2 unspecified atom stereocenters. The van der Waals surface area contributed by atoms with E-state index in [-0.39, 0.29) is 33.9 Å². The van der Waals surface area contributed by atoms with Gasteiger partial charge in [-0.3, -0.25) is 0 Å². The van der Waals surface area contributed by atoms with E-state index in [1.807, 2.05) is 18.7 Å². The van der Waals surface area contributed by atoms with Crippen LogP contribution in [0.25, 0.3) is 11.5 Å². The summed E-state index contributed by atoms with van der Waals surface area (Å²) in [4.78, 5) is 6.43. The van der Waals surface area contributed by atoms with E-state index in [2.05, 4.69) is 4.98 Å². The molecule has 1 saturated heterocycles. The van der Waals surface area contributed by atoms with Crippen molar-refractivity contribution < 1.29 is 17.6 Å². The van der Waals surface area contributed by atoms with Crippen molar-refractivity contribution >= 4 is 27.3 Å². The number of ether oxygens (including phenoxy) is 1. The molecule has 152 valence electrons. The number of oxazole rings is 1. The SMILES string of the molecule is CC1CN(c2oc(-c3ccccc3Cl)nc2S(=O)(=O)c2ccccc2)CC(C)O1. The number of hydrogen-bond donors (Lipinski definition) is 0. The third-order valence-electron chi connectivity index (χ3n) is 4.70. The second-order valence-corrected chi connectivity index (χ2v) is 9.36. The van der Waals surface area contributed by atoms with Gasteiger partial charge in [-0.25, -0.2) is 8.42 Å². The molecule has 4 rings (SSSR count). The number of halogens is 1. The molecule has 2 heterocycles. The highest BCUT2D eigenvalue weighted by Crippen LogP contribution is 2.37. The van der Waals surface area contributed by atoms with Gasteiger partial charge in [0.2, 0.25) is 26.6 Å². The second-order valence-electron chi connectivity index (χ2n) is 7.09. The van der Waals surface area contributed by atoms with Crippen LogP contribution in [0.3, 0.4) is 0 Å². The summed E-state index contributed by atoms with van der Waals surface area (Å²) >= 11 is 6.30. The number of benzene rings is 2. The van der Waals surface area contributed by atoms with Crippen LogP contribution in [0.1, 0.15) is 13.8 Å². The summed E-state index contributed by atoms with van der Waals surface area (Å²) in [5.41, 5.74) is 0.541. The molecule has 0 radical (unpaired) electrons. The minimum atomic E-state index is -3.88. The van der Waals surface area contributed by atoms with E-state index in [4.69, 9.17) is 20.8 Å². The van der Waals surface area contributed by atoms with Gasteiger partial charge in [-0.05, 0) is 38.1 Å². The van der Waals surface area contributed by atoms with Crippen molar-refractivity contribution in [1.82, 2.24) is 4.98 Å². The van der Waals surface area contributed by atoms with E-state index >= 15 is 0 Å². The summed E-state index contributed by atoms with van der Waals surface area (Å²) < 4.78 is 38.6. The molecule has 0 aliphatic carbocycles. The number of morpholine rings is 1. The summed E-state index contributed by atoms with van der Waals surface area (Å²) in [5, 5.41) is 0.326. The fourth-order valence-corrected chi connectivity index (χ4v) is 5.04. The molecule has 8 heteroatoms. The molecular weight excluding hydrogens is 412 g/mol. The van der Waals surface area contributed by atoms with Crippen molar-refractivity contribution in [3.05, 3.63) is 59.6 Å². The first-order chi connectivity index (χ1) is 13.9. The first-order valence-corrected chi connectivity index (χ1v) is 11.2. The van der Waals surface area contributed by atoms with Gasteiger partial charge in [-0.2, -0.15) is 4.98 Å². The molecule has 1 aromatic heterocycles. The summed E-state index contributed by atoms with van der Waals surface area (Å²) in [6, 6.07) is 15.3. The molecule has 2 aromatic carbocycles. The van der Waals surface area contributed by atoms with Crippen molar-refractivity contribution in [3.8, 4) is 11.5 Å². The lowest BCUT2D eigenvalue weighted by molar-refractivity contribution is -0.00657. The van der Waals surface area contributed by atoms with E-state index in [1.54, 1.807) is 54.6 Å². The molecule has 0 amide bonds. The number of hydrogen-bond acceptors (Lipinski definition) is 6. The highest BCUT2D eigenvalue weighted by Gasteiger charge is 2.34. The smallest absolute Gasteiger partial charge is 0.236 e. The first-order valence-electron chi connectivity index (χ1n) is 9.32. The highest BCUT2D eigenvalue weighted by molar-refractivity contribution is 7.91. The Bertz CT molecular complexity index is 1100. The molecule has 0 saturated carbocycles. The maximum Gasteiger partial charge on any atom is 0.236 e. The normalized spacial score (nSPS) is 20.0. The van der Waals surface area contributed by atoms with Gasteiger partial charge < -0.3 is 14.1 Å². The number of aromatic nitrogens is 1. The van der Waals surface area contributed by atoms with Crippen LogP contribution in [-0.2, 0) is 14.6 Å². The Morgan fingerprint density at radius 3 is 2.28 bits per heavy atom. The van der Waals surface area contributed by atoms with E-state index in [9.17, 15) is 8.42 Å². The van der Waals surface area contributed by atoms with E-state index in [0.29, 0.717) is 23.7 Å². The van der Waals surface area contributed by atoms with Crippen LogP contribution in [-0.4, -0.2) is 38.7 Å². The lowest BCUT2D eigenvalue weighted by atomic mass is 10.2. The quantitative estimate of drug-likeness (QED) is 0.606. The molecule has 1 aliphatic heterocycles. The second kappa shape index (κ2) is 7.82. The number of nitrogens with zero attached hydrogens (tertiary/aromatic N) is 2. The Morgan fingerprint density at radius 1 is 1.00 bits per heavy atom. The van der Waals surface area contributed by atoms with E-state index in [1.165, 1.54) is 0 Å². The Hall–Kier alpha value is -2.35. The molecule has 29 heavy (non-hydrogen) atoms. The van der Waals surface area contributed by atoms with E-state index in [0.717, 1.165) is 0 Å². The summed E-state index contributed by atoms with van der Waals surface area (Å²) in [6.45, 7) is 4.89. The third-order valence-corrected chi connectivity index (χ3v) is 6.70. The van der Waals surface area contributed by atoms with Gasteiger partial charge in [0, 0.05) is 13.1 Å². The zero-order chi connectivity index (χ0) is 20.6. The van der Waals surface area contributed by atoms with Crippen LogP contribution in [0, 0.1) is 0 Å². The zero-order valence-corrected chi connectivity index (χ0v) is 17.7. The third kappa shape index (κ3) is 3.90. The lowest BCUT2D eigenvalue weighted by Crippen LogP contribution is -2.45. The van der Waals surface area contributed by atoms with Crippen LogP contribution >= 0.6 is 11.6 Å². The first kappa shape index (κ1) is 19.9. The molecule has 3 aromatic rings. The Morgan fingerprint density at radius 2 is 1.62 bits per heavy atom. The minimum Gasteiger partial charge on any atom is -0.419 e. The number of anilines is 1. The predicted molar refractivity (Wildman–Crippen MR) is 111 cm³/mol. The Labute approximate surface area is 175 Å². The van der Waals surface area contributed by atoms with Crippen LogP contribution in [0.5, 0.6) is 0 Å². The van der Waals surface area contributed by atoms with Crippen molar-refractivity contribution in [2.24, 2.45) is 0 Å². The van der Waals surface area contributed by atoms with Crippen LogP contribution in [0.4, 0.5) is 5.88 Å². The van der Waals surface area contributed by atoms with Gasteiger partial charge in [-0.15, -0.1) is 0 Å². The number of rotatable bonds is 4. The lowest BCUT2D eigenvalue weighted by Gasteiger charge is -2.35. The largest absolute Gasteiger partial charge is 0.419 e. The Balaban J connectivity index is 1.88. The summed E-state index contributed by atoms with van der Waals surface area (Å²) in [6.07, 6.45) is -0.139. The van der Waals surface area contributed by atoms with Gasteiger partial charge in [0.1, 0.15) is 0 Å². The molecule has 0 bridgehead atoms. The predicted octanol–water partition coefficient (Wildman–Crippen LogP) is 4.44. The maximum absolute atomic E-state index is 13.4. The molecule has 1 aliphatic rings. The zero-order valence-electron chi connectivity index (χ0n) is 16.1. The standard InChI is InChI=1S/C21H21ClN2O4S/c1-14-12-24(13-15(2)27-14)21-20(29(25,26)16-8-4-3-5-9-16)23-19(28-21)17-10-6-7-11-18(17)22/h3-11,14-15H,12-13H2,1-2H3. The topological polar surface area (TPSA) is 72.6 Å². The fraction of sp³-hybridized carbons (Fsp3) is 0.286. The van der Waals surface area contributed by atoms with Crippen molar-refractivity contribution in [3.63, 3.8) is 0 Å². The average molecular weight is 433 g/mol. The molecule has 0 N–H and O–H groups in total. The molecule has 0 spiro atoms. The van der Waals surface area contributed by atoms with Crippen LogP contribution in [0.2, 0.25) is 5.02 Å². The van der Waals surface area contributed by atoms with Crippen molar-refractivity contribution in [2.75, 3.05) is 18.0 Å². The summed E-state index contributed by atoms with van der Waals surface area (Å²) in [7, 11) is -3.88. The molecule has 1 fully saturated rings. The monoisotopic (exact) mass is 432 g/mol. The van der Waals surface area contributed by atoms with Gasteiger partial charge in [0.15, 0.2) is 0 Å². The number of sulfone groups is 1. The van der Waals surface area contributed by atoms with Crippen molar-refractivity contribution in [1.29, 1.82) is 0 Å². The summed E-state index contributed by atoms with van der Waals surface area (Å²) in [5.74, 6) is 0.387. The van der Waals surface area contributed by atoms with Crippen molar-refractivity contribution in [2.45, 2.75) is 36.0 Å².